The van der Waals surface area contributed by atoms with Crippen LogP contribution in [-0.2, 0) is 0 Å². The Labute approximate surface area is 94.2 Å². The maximum Gasteiger partial charge on any atom is 0.0178 e. The number of hydrogen-bond donors (Lipinski definition) is 0. The van der Waals surface area contributed by atoms with Crippen LogP contribution in [0.2, 0.25) is 0 Å². The van der Waals surface area contributed by atoms with E-state index < -0.39 is 0 Å². The van der Waals surface area contributed by atoms with Crippen molar-refractivity contribution in [1.82, 2.24) is 0 Å². The Morgan fingerprint density at radius 3 is 2.79 bits per heavy atom. The van der Waals surface area contributed by atoms with Crippen LogP contribution in [0.5, 0.6) is 0 Å². The minimum Gasteiger partial charge on any atom is -0.102 e. The first-order valence-electron chi connectivity index (χ1n) is 5.14. The molecular formula is C13H15Br. The topological polar surface area (TPSA) is 0 Å². The SMILES string of the molecule is C=CC(C)c1cc(Br)ccc1C1CC1. The van der Waals surface area contributed by atoms with Crippen molar-refractivity contribution in [2.24, 2.45) is 0 Å². The Kier molecular flexibility index (Phi) is 2.78. The summed E-state index contributed by atoms with van der Waals surface area (Å²) in [7, 11) is 0. The van der Waals surface area contributed by atoms with Gasteiger partial charge in [-0.15, -0.1) is 6.58 Å². The van der Waals surface area contributed by atoms with Crippen LogP contribution in [-0.4, -0.2) is 0 Å². The summed E-state index contributed by atoms with van der Waals surface area (Å²) in [6.07, 6.45) is 4.74. The predicted octanol–water partition coefficient (Wildman–Crippen LogP) is 4.62. The smallest absolute Gasteiger partial charge is 0.0178 e. The molecule has 0 nitrogen and oxygen atoms in total. The first-order valence-corrected chi connectivity index (χ1v) is 5.93. The van der Waals surface area contributed by atoms with Gasteiger partial charge in [0.05, 0.1) is 0 Å². The molecule has 14 heavy (non-hydrogen) atoms. The highest BCUT2D eigenvalue weighted by atomic mass is 79.9. The number of benzene rings is 1. The molecular weight excluding hydrogens is 236 g/mol. The van der Waals surface area contributed by atoms with E-state index in [1.165, 1.54) is 28.4 Å². The zero-order valence-corrected chi connectivity index (χ0v) is 10.0. The molecule has 1 heteroatoms. The van der Waals surface area contributed by atoms with Gasteiger partial charge in [0.25, 0.3) is 0 Å². The molecule has 0 radical (unpaired) electrons. The van der Waals surface area contributed by atoms with E-state index in [4.69, 9.17) is 0 Å². The fraction of sp³-hybridized carbons (Fsp3) is 0.385. The van der Waals surface area contributed by atoms with Gasteiger partial charge >= 0.3 is 0 Å². The van der Waals surface area contributed by atoms with Gasteiger partial charge in [-0.3, -0.25) is 0 Å². The highest BCUT2D eigenvalue weighted by Gasteiger charge is 2.26. The number of hydrogen-bond acceptors (Lipinski definition) is 0. The quantitative estimate of drug-likeness (QED) is 0.688. The third-order valence-electron chi connectivity index (χ3n) is 2.91. The Morgan fingerprint density at radius 1 is 1.50 bits per heavy atom. The third-order valence-corrected chi connectivity index (χ3v) is 3.40. The molecule has 1 aliphatic carbocycles. The van der Waals surface area contributed by atoms with Gasteiger partial charge in [0, 0.05) is 4.47 Å². The summed E-state index contributed by atoms with van der Waals surface area (Å²) in [5, 5.41) is 0. The third kappa shape index (κ3) is 1.93. The molecule has 0 spiro atoms. The van der Waals surface area contributed by atoms with Crippen LogP contribution in [0.3, 0.4) is 0 Å². The largest absolute Gasteiger partial charge is 0.102 e. The second kappa shape index (κ2) is 3.90. The van der Waals surface area contributed by atoms with E-state index in [-0.39, 0.29) is 0 Å². The average molecular weight is 251 g/mol. The van der Waals surface area contributed by atoms with Gasteiger partial charge in [-0.2, -0.15) is 0 Å². The maximum atomic E-state index is 3.87. The second-order valence-electron chi connectivity index (χ2n) is 4.07. The molecule has 1 aromatic carbocycles. The molecule has 1 unspecified atom stereocenters. The van der Waals surface area contributed by atoms with E-state index >= 15 is 0 Å². The molecule has 1 aromatic rings. The number of rotatable bonds is 3. The molecule has 0 aromatic heterocycles. The lowest BCUT2D eigenvalue weighted by molar-refractivity contribution is 0.925. The zero-order valence-electron chi connectivity index (χ0n) is 8.46. The molecule has 74 valence electrons. The fourth-order valence-corrected chi connectivity index (χ4v) is 2.21. The maximum absolute atomic E-state index is 3.87. The standard InChI is InChI=1S/C13H15Br/c1-3-9(2)13-8-11(14)6-7-12(13)10-4-5-10/h3,6-10H,1,4-5H2,2H3. The molecule has 1 saturated carbocycles. The van der Waals surface area contributed by atoms with E-state index in [1.807, 2.05) is 6.08 Å². The van der Waals surface area contributed by atoms with E-state index in [9.17, 15) is 0 Å². The van der Waals surface area contributed by atoms with Gasteiger partial charge in [-0.1, -0.05) is 35.0 Å². The summed E-state index contributed by atoms with van der Waals surface area (Å²) >= 11 is 3.53. The van der Waals surface area contributed by atoms with Gasteiger partial charge in [-0.05, 0) is 47.9 Å². The highest BCUT2D eigenvalue weighted by molar-refractivity contribution is 9.10. The minimum absolute atomic E-state index is 0.461. The van der Waals surface area contributed by atoms with E-state index in [0.717, 1.165) is 5.92 Å². The molecule has 0 N–H and O–H groups in total. The van der Waals surface area contributed by atoms with Crippen LogP contribution in [0.25, 0.3) is 0 Å². The van der Waals surface area contributed by atoms with Crippen molar-refractivity contribution >= 4 is 15.9 Å². The molecule has 1 atom stereocenters. The van der Waals surface area contributed by atoms with Crippen LogP contribution in [0.4, 0.5) is 0 Å². The fourth-order valence-electron chi connectivity index (χ4n) is 1.83. The van der Waals surface area contributed by atoms with Crippen LogP contribution in [0, 0.1) is 0 Å². The van der Waals surface area contributed by atoms with E-state index in [2.05, 4.69) is 47.6 Å². The highest BCUT2D eigenvalue weighted by Crippen LogP contribution is 2.44. The zero-order chi connectivity index (χ0) is 10.1. The summed E-state index contributed by atoms with van der Waals surface area (Å²) < 4.78 is 1.17. The summed E-state index contributed by atoms with van der Waals surface area (Å²) in [5.41, 5.74) is 2.97. The second-order valence-corrected chi connectivity index (χ2v) is 4.99. The summed E-state index contributed by atoms with van der Waals surface area (Å²) in [4.78, 5) is 0. The van der Waals surface area contributed by atoms with Crippen molar-refractivity contribution in [2.75, 3.05) is 0 Å². The van der Waals surface area contributed by atoms with Crippen molar-refractivity contribution in [1.29, 1.82) is 0 Å². The van der Waals surface area contributed by atoms with Crippen LogP contribution < -0.4 is 0 Å². The molecule has 0 saturated heterocycles. The minimum atomic E-state index is 0.461. The van der Waals surface area contributed by atoms with E-state index in [1.54, 1.807) is 0 Å². The molecule has 0 aliphatic heterocycles. The Hall–Kier alpha value is -0.560. The van der Waals surface area contributed by atoms with Gasteiger partial charge in [0.15, 0.2) is 0 Å². The molecule has 0 bridgehead atoms. The van der Waals surface area contributed by atoms with Crippen molar-refractivity contribution in [3.63, 3.8) is 0 Å². The van der Waals surface area contributed by atoms with Gasteiger partial charge in [0.1, 0.15) is 0 Å². The Morgan fingerprint density at radius 2 is 2.21 bits per heavy atom. The van der Waals surface area contributed by atoms with Crippen LogP contribution in [0.15, 0.2) is 35.3 Å². The Bertz CT molecular complexity index is 350. The lowest BCUT2D eigenvalue weighted by Crippen LogP contribution is -1.95. The van der Waals surface area contributed by atoms with Gasteiger partial charge in [0.2, 0.25) is 0 Å². The summed E-state index contributed by atoms with van der Waals surface area (Å²) in [5.74, 6) is 1.28. The van der Waals surface area contributed by atoms with Crippen LogP contribution in [0.1, 0.15) is 42.7 Å². The van der Waals surface area contributed by atoms with Crippen LogP contribution >= 0.6 is 15.9 Å². The van der Waals surface area contributed by atoms with Crippen molar-refractivity contribution in [3.8, 4) is 0 Å². The molecule has 1 aliphatic rings. The lowest BCUT2D eigenvalue weighted by atomic mass is 9.93. The number of halogens is 1. The Balaban J connectivity index is 2.42. The van der Waals surface area contributed by atoms with Crippen molar-refractivity contribution in [2.45, 2.75) is 31.6 Å². The normalized spacial score (nSPS) is 17.9. The molecule has 0 heterocycles. The lowest BCUT2D eigenvalue weighted by Gasteiger charge is -2.13. The summed E-state index contributed by atoms with van der Waals surface area (Å²) in [6, 6.07) is 6.64. The van der Waals surface area contributed by atoms with Gasteiger partial charge in [-0.25, -0.2) is 0 Å². The van der Waals surface area contributed by atoms with E-state index in [0.29, 0.717) is 5.92 Å². The first kappa shape index (κ1) is 9.97. The van der Waals surface area contributed by atoms with Gasteiger partial charge < -0.3 is 0 Å². The predicted molar refractivity (Wildman–Crippen MR) is 64.7 cm³/mol. The monoisotopic (exact) mass is 250 g/mol. The van der Waals surface area contributed by atoms with Crippen molar-refractivity contribution < 1.29 is 0 Å². The molecule has 1 fully saturated rings. The summed E-state index contributed by atoms with van der Waals surface area (Å²) in [6.45, 7) is 6.08. The van der Waals surface area contributed by atoms with Crippen molar-refractivity contribution in [3.05, 3.63) is 46.5 Å². The number of allylic oxidation sites excluding steroid dienone is 1. The first-order chi connectivity index (χ1) is 6.72. The molecule has 2 rings (SSSR count). The molecule has 0 amide bonds. The average Bonchev–Trinajstić information content (AvgIpc) is 3.00.